The van der Waals surface area contributed by atoms with Gasteiger partial charge >= 0.3 is 0 Å². The Morgan fingerprint density at radius 1 is 1.42 bits per heavy atom. The summed E-state index contributed by atoms with van der Waals surface area (Å²) >= 11 is 3.63. The van der Waals surface area contributed by atoms with Crippen LogP contribution < -0.4 is 5.32 Å². The zero-order valence-electron chi connectivity index (χ0n) is 11.1. The van der Waals surface area contributed by atoms with Crippen molar-refractivity contribution in [2.24, 2.45) is 0 Å². The van der Waals surface area contributed by atoms with E-state index < -0.39 is 0 Å². The van der Waals surface area contributed by atoms with Crippen LogP contribution in [0.25, 0.3) is 0 Å². The molecule has 0 saturated heterocycles. The number of halogens is 1. The average molecular weight is 320 g/mol. The van der Waals surface area contributed by atoms with Gasteiger partial charge in [-0.05, 0) is 53.2 Å². The highest BCUT2D eigenvalue weighted by Gasteiger charge is 2.22. The number of hydrogen-bond acceptors (Lipinski definition) is 2. The minimum atomic E-state index is 0.579. The third-order valence-electron chi connectivity index (χ3n) is 3.85. The molecule has 1 aliphatic heterocycles. The van der Waals surface area contributed by atoms with Crippen LogP contribution in [0, 0.1) is 0 Å². The maximum absolute atomic E-state index is 4.41. The Balaban J connectivity index is 1.90. The van der Waals surface area contributed by atoms with Crippen molar-refractivity contribution in [3.8, 4) is 0 Å². The molecule has 0 bridgehead atoms. The number of anilines is 1. The molecule has 0 spiro atoms. The van der Waals surface area contributed by atoms with E-state index in [1.54, 1.807) is 0 Å². The predicted molar refractivity (Wildman–Crippen MR) is 81.6 cm³/mol. The number of nitrogens with one attached hydrogen (secondary N) is 1. The molecule has 1 aliphatic rings. The topological polar surface area (TPSA) is 29.9 Å². The van der Waals surface area contributed by atoms with Crippen molar-refractivity contribution in [1.29, 1.82) is 0 Å². The number of rotatable bonds is 3. The highest BCUT2D eigenvalue weighted by Crippen LogP contribution is 2.35. The summed E-state index contributed by atoms with van der Waals surface area (Å²) in [5, 5.41) is 7.89. The quantitative estimate of drug-likeness (QED) is 0.932. The van der Waals surface area contributed by atoms with Gasteiger partial charge in [-0.1, -0.05) is 18.2 Å². The van der Waals surface area contributed by atoms with Gasteiger partial charge in [-0.2, -0.15) is 5.10 Å². The largest absolute Gasteiger partial charge is 0.385 e. The highest BCUT2D eigenvalue weighted by atomic mass is 79.9. The molecule has 0 saturated carbocycles. The summed E-state index contributed by atoms with van der Waals surface area (Å²) in [6.07, 6.45) is 4.14. The Labute approximate surface area is 122 Å². The molecule has 1 N–H and O–H groups in total. The van der Waals surface area contributed by atoms with Crippen molar-refractivity contribution in [2.45, 2.75) is 32.2 Å². The molecule has 1 aromatic heterocycles. The number of para-hydroxylation sites is 1. The third kappa shape index (κ3) is 2.41. The van der Waals surface area contributed by atoms with Crippen LogP contribution in [0.1, 0.15) is 30.5 Å². The van der Waals surface area contributed by atoms with Crippen LogP contribution in [-0.2, 0) is 13.0 Å². The summed E-state index contributed by atoms with van der Waals surface area (Å²) < 4.78 is 3.22. The third-order valence-corrected chi connectivity index (χ3v) is 4.51. The van der Waals surface area contributed by atoms with Gasteiger partial charge in [-0.15, -0.1) is 0 Å². The molecule has 0 radical (unpaired) electrons. The number of benzene rings is 1. The summed E-state index contributed by atoms with van der Waals surface area (Å²) in [6, 6.07) is 8.64. The standard InChI is InChI=1S/C15H18BrN3/c1-2-19-15(13(16)10-18-19)9-11-7-8-17-14-6-4-3-5-12(11)14/h3-6,10-11,17H,2,7-9H2,1H3. The first-order chi connectivity index (χ1) is 9.29. The van der Waals surface area contributed by atoms with Crippen LogP contribution in [-0.4, -0.2) is 16.3 Å². The van der Waals surface area contributed by atoms with Crippen LogP contribution in [0.2, 0.25) is 0 Å². The highest BCUT2D eigenvalue weighted by molar-refractivity contribution is 9.10. The second-order valence-electron chi connectivity index (χ2n) is 4.96. The van der Waals surface area contributed by atoms with Gasteiger partial charge in [0.2, 0.25) is 0 Å². The maximum atomic E-state index is 4.41. The second-order valence-corrected chi connectivity index (χ2v) is 5.81. The van der Waals surface area contributed by atoms with Crippen molar-refractivity contribution in [2.75, 3.05) is 11.9 Å². The van der Waals surface area contributed by atoms with Gasteiger partial charge in [-0.25, -0.2) is 0 Å². The van der Waals surface area contributed by atoms with Gasteiger partial charge in [0.25, 0.3) is 0 Å². The smallest absolute Gasteiger partial charge is 0.0635 e. The molecule has 0 fully saturated rings. The summed E-state index contributed by atoms with van der Waals surface area (Å²) in [6.45, 7) is 4.12. The minimum absolute atomic E-state index is 0.579. The van der Waals surface area contributed by atoms with Gasteiger partial charge in [0.05, 0.1) is 16.4 Å². The zero-order valence-corrected chi connectivity index (χ0v) is 12.7. The van der Waals surface area contributed by atoms with Crippen molar-refractivity contribution >= 4 is 21.6 Å². The summed E-state index contributed by atoms with van der Waals surface area (Å²) in [5.41, 5.74) is 4.03. The number of fused-ring (bicyclic) bond motifs is 1. The molecule has 100 valence electrons. The van der Waals surface area contributed by atoms with Crippen LogP contribution in [0.15, 0.2) is 34.9 Å². The summed E-state index contributed by atoms with van der Waals surface area (Å²) in [7, 11) is 0. The van der Waals surface area contributed by atoms with Gasteiger partial charge in [0.15, 0.2) is 0 Å². The minimum Gasteiger partial charge on any atom is -0.385 e. The molecule has 0 aliphatic carbocycles. The van der Waals surface area contributed by atoms with Crippen LogP contribution >= 0.6 is 15.9 Å². The monoisotopic (exact) mass is 319 g/mol. The van der Waals surface area contributed by atoms with E-state index in [4.69, 9.17) is 0 Å². The van der Waals surface area contributed by atoms with Gasteiger partial charge in [-0.3, -0.25) is 4.68 Å². The first-order valence-electron chi connectivity index (χ1n) is 6.82. The number of aromatic nitrogens is 2. The molecule has 19 heavy (non-hydrogen) atoms. The first kappa shape index (κ1) is 12.7. The van der Waals surface area contributed by atoms with E-state index >= 15 is 0 Å². The van der Waals surface area contributed by atoms with E-state index in [1.807, 2.05) is 6.20 Å². The SMILES string of the molecule is CCn1ncc(Br)c1CC1CCNc2ccccc21. The van der Waals surface area contributed by atoms with E-state index in [2.05, 4.69) is 62.2 Å². The van der Waals surface area contributed by atoms with Crippen molar-refractivity contribution in [3.63, 3.8) is 0 Å². The van der Waals surface area contributed by atoms with Crippen molar-refractivity contribution in [1.82, 2.24) is 9.78 Å². The molecular weight excluding hydrogens is 302 g/mol. The lowest BCUT2D eigenvalue weighted by molar-refractivity contribution is 0.560. The number of hydrogen-bond donors (Lipinski definition) is 1. The van der Waals surface area contributed by atoms with E-state index in [1.165, 1.54) is 23.4 Å². The second kappa shape index (κ2) is 5.37. The zero-order chi connectivity index (χ0) is 13.2. The van der Waals surface area contributed by atoms with E-state index in [-0.39, 0.29) is 0 Å². The molecular formula is C15H18BrN3. The normalized spacial score (nSPS) is 17.9. The molecule has 2 heterocycles. The molecule has 1 aromatic carbocycles. The van der Waals surface area contributed by atoms with Crippen LogP contribution in [0.5, 0.6) is 0 Å². The number of aryl methyl sites for hydroxylation is 1. The fraction of sp³-hybridized carbons (Fsp3) is 0.400. The molecule has 1 atom stereocenters. The Bertz CT molecular complexity index is 577. The first-order valence-corrected chi connectivity index (χ1v) is 7.62. The fourth-order valence-corrected chi connectivity index (χ4v) is 3.32. The summed E-state index contributed by atoms with van der Waals surface area (Å²) in [4.78, 5) is 0. The van der Waals surface area contributed by atoms with Crippen LogP contribution in [0.3, 0.4) is 0 Å². The average Bonchev–Trinajstić information content (AvgIpc) is 2.80. The lowest BCUT2D eigenvalue weighted by Gasteiger charge is -2.27. The fourth-order valence-electron chi connectivity index (χ4n) is 2.86. The summed E-state index contributed by atoms with van der Waals surface area (Å²) in [5.74, 6) is 0.579. The molecule has 4 heteroatoms. The Morgan fingerprint density at radius 2 is 2.26 bits per heavy atom. The van der Waals surface area contributed by atoms with Crippen molar-refractivity contribution < 1.29 is 0 Å². The molecule has 3 nitrogen and oxygen atoms in total. The van der Waals surface area contributed by atoms with Gasteiger partial charge in [0.1, 0.15) is 0 Å². The molecule has 0 amide bonds. The lowest BCUT2D eigenvalue weighted by Crippen LogP contribution is -2.19. The Hall–Kier alpha value is -1.29. The molecule has 3 rings (SSSR count). The van der Waals surface area contributed by atoms with Gasteiger partial charge < -0.3 is 5.32 Å². The van der Waals surface area contributed by atoms with Gasteiger partial charge in [0, 0.05) is 18.8 Å². The number of nitrogens with zero attached hydrogens (tertiary/aromatic N) is 2. The molecule has 1 unspecified atom stereocenters. The maximum Gasteiger partial charge on any atom is 0.0635 e. The Morgan fingerprint density at radius 3 is 3.11 bits per heavy atom. The van der Waals surface area contributed by atoms with E-state index in [0.717, 1.165) is 24.0 Å². The van der Waals surface area contributed by atoms with E-state index in [0.29, 0.717) is 5.92 Å². The van der Waals surface area contributed by atoms with Crippen LogP contribution in [0.4, 0.5) is 5.69 Å². The van der Waals surface area contributed by atoms with E-state index in [9.17, 15) is 0 Å². The molecule has 2 aromatic rings. The Kier molecular flexibility index (Phi) is 3.60. The lowest BCUT2D eigenvalue weighted by atomic mass is 9.87. The van der Waals surface area contributed by atoms with Crippen molar-refractivity contribution in [3.05, 3.63) is 46.2 Å². The predicted octanol–water partition coefficient (Wildman–Crippen LogP) is 3.81.